The van der Waals surface area contributed by atoms with Gasteiger partial charge in [0.15, 0.2) is 0 Å². The van der Waals surface area contributed by atoms with E-state index in [-0.39, 0.29) is 5.56 Å². The smallest absolute Gasteiger partial charge is 0.328 e. The first kappa shape index (κ1) is 9.85. The van der Waals surface area contributed by atoms with Crippen molar-refractivity contribution in [2.75, 3.05) is 0 Å². The van der Waals surface area contributed by atoms with Gasteiger partial charge in [-0.3, -0.25) is 0 Å². The van der Waals surface area contributed by atoms with Gasteiger partial charge in [-0.05, 0) is 34.1 Å². The molecule has 5 heteroatoms. The number of pyridine rings is 1. The van der Waals surface area contributed by atoms with Crippen LogP contribution in [-0.4, -0.2) is 16.1 Å². The molecule has 3 nitrogen and oxygen atoms in total. The highest BCUT2D eigenvalue weighted by Gasteiger charge is 2.00. The van der Waals surface area contributed by atoms with Crippen molar-refractivity contribution < 1.29 is 14.3 Å². The first-order chi connectivity index (χ1) is 6.09. The van der Waals surface area contributed by atoms with Crippen LogP contribution in [0.15, 0.2) is 22.8 Å². The lowest BCUT2D eigenvalue weighted by molar-refractivity contribution is -0.131. The average molecular weight is 246 g/mol. The Bertz CT molecular complexity index is 365. The van der Waals surface area contributed by atoms with Crippen LogP contribution in [0.5, 0.6) is 0 Å². The molecular formula is C8H5BrFNO2. The van der Waals surface area contributed by atoms with Gasteiger partial charge in [0.25, 0.3) is 0 Å². The van der Waals surface area contributed by atoms with Gasteiger partial charge in [0.05, 0.1) is 0 Å². The minimum absolute atomic E-state index is 0.144. The second kappa shape index (κ2) is 4.13. The maximum absolute atomic E-state index is 12.9. The molecule has 13 heavy (non-hydrogen) atoms. The van der Waals surface area contributed by atoms with E-state index in [9.17, 15) is 9.18 Å². The van der Waals surface area contributed by atoms with E-state index in [1.54, 1.807) is 0 Å². The van der Waals surface area contributed by atoms with Crippen LogP contribution in [0.3, 0.4) is 0 Å². The Labute approximate surface area is 82.0 Å². The van der Waals surface area contributed by atoms with E-state index in [0.29, 0.717) is 4.60 Å². The highest BCUT2D eigenvalue weighted by atomic mass is 79.9. The second-order valence-corrected chi connectivity index (χ2v) is 3.00. The molecule has 1 aromatic rings. The van der Waals surface area contributed by atoms with E-state index in [0.717, 1.165) is 12.2 Å². The summed E-state index contributed by atoms with van der Waals surface area (Å²) >= 11 is 2.98. The summed E-state index contributed by atoms with van der Waals surface area (Å²) in [7, 11) is 0. The molecule has 0 aliphatic rings. The van der Waals surface area contributed by atoms with Crippen LogP contribution in [0, 0.1) is 5.95 Å². The maximum atomic E-state index is 12.9. The van der Waals surface area contributed by atoms with Gasteiger partial charge < -0.3 is 5.11 Å². The highest BCUT2D eigenvalue weighted by molar-refractivity contribution is 9.10. The number of rotatable bonds is 2. The van der Waals surface area contributed by atoms with Crippen molar-refractivity contribution in [2.24, 2.45) is 0 Å². The maximum Gasteiger partial charge on any atom is 0.328 e. The summed E-state index contributed by atoms with van der Waals surface area (Å²) in [6.45, 7) is 0. The number of carboxylic acid groups (broad SMARTS) is 1. The molecule has 0 radical (unpaired) electrons. The zero-order valence-corrected chi connectivity index (χ0v) is 7.95. The Balaban J connectivity index is 2.96. The Hall–Kier alpha value is -1.23. The average Bonchev–Trinajstić information content (AvgIpc) is 2.02. The molecule has 0 fully saturated rings. The van der Waals surface area contributed by atoms with Gasteiger partial charge in [-0.25, -0.2) is 9.78 Å². The van der Waals surface area contributed by atoms with Crippen LogP contribution in [0.4, 0.5) is 4.39 Å². The standard InChI is InChI=1S/C8H5BrFNO2/c9-6-3-1-5(8(10)11-6)2-4-7(12)13/h1-4H,(H,12,13)/b4-2+. The van der Waals surface area contributed by atoms with Crippen molar-refractivity contribution in [1.29, 1.82) is 0 Å². The molecule has 0 aliphatic heterocycles. The second-order valence-electron chi connectivity index (χ2n) is 2.19. The monoisotopic (exact) mass is 245 g/mol. The Kier molecular flexibility index (Phi) is 3.13. The Morgan fingerprint density at radius 1 is 1.62 bits per heavy atom. The van der Waals surface area contributed by atoms with Gasteiger partial charge in [-0.1, -0.05) is 0 Å². The van der Waals surface area contributed by atoms with Crippen LogP contribution >= 0.6 is 15.9 Å². The third kappa shape index (κ3) is 2.95. The van der Waals surface area contributed by atoms with Gasteiger partial charge in [0, 0.05) is 11.6 Å². The number of aromatic nitrogens is 1. The van der Waals surface area contributed by atoms with E-state index in [1.807, 2.05) is 0 Å². The molecule has 0 bridgehead atoms. The van der Waals surface area contributed by atoms with Crippen molar-refractivity contribution in [3.63, 3.8) is 0 Å². The third-order valence-electron chi connectivity index (χ3n) is 1.25. The molecule has 0 spiro atoms. The van der Waals surface area contributed by atoms with Crippen LogP contribution < -0.4 is 0 Å². The molecule has 0 atom stereocenters. The van der Waals surface area contributed by atoms with Crippen LogP contribution in [0.25, 0.3) is 6.08 Å². The van der Waals surface area contributed by atoms with E-state index in [2.05, 4.69) is 20.9 Å². The largest absolute Gasteiger partial charge is 0.478 e. The fraction of sp³-hybridized carbons (Fsp3) is 0. The van der Waals surface area contributed by atoms with Gasteiger partial charge >= 0.3 is 5.97 Å². The summed E-state index contributed by atoms with van der Waals surface area (Å²) in [4.78, 5) is 13.6. The normalized spacial score (nSPS) is 10.6. The number of hydrogen-bond acceptors (Lipinski definition) is 2. The molecule has 1 N–H and O–H groups in total. The number of aliphatic carboxylic acids is 1. The minimum Gasteiger partial charge on any atom is -0.478 e. The SMILES string of the molecule is O=C(O)/C=C/c1ccc(Br)nc1F. The van der Waals surface area contributed by atoms with Crippen LogP contribution in [-0.2, 0) is 4.79 Å². The molecule has 0 aliphatic carbocycles. The van der Waals surface area contributed by atoms with Crippen molar-refractivity contribution in [3.05, 3.63) is 34.3 Å². The number of hydrogen-bond donors (Lipinski definition) is 1. The summed E-state index contributed by atoms with van der Waals surface area (Å²) in [5.41, 5.74) is 0.144. The Morgan fingerprint density at radius 2 is 2.31 bits per heavy atom. The van der Waals surface area contributed by atoms with Gasteiger partial charge in [-0.15, -0.1) is 0 Å². The number of halogens is 2. The molecule has 1 aromatic heterocycles. The van der Waals surface area contributed by atoms with Gasteiger partial charge in [-0.2, -0.15) is 4.39 Å². The summed E-state index contributed by atoms with van der Waals surface area (Å²) in [5.74, 6) is -1.82. The van der Waals surface area contributed by atoms with E-state index in [1.165, 1.54) is 12.1 Å². The zero-order chi connectivity index (χ0) is 9.84. The summed E-state index contributed by atoms with van der Waals surface area (Å²) in [6.07, 6.45) is 2.01. The molecule has 0 aromatic carbocycles. The first-order valence-electron chi connectivity index (χ1n) is 3.32. The lowest BCUT2D eigenvalue weighted by atomic mass is 10.2. The fourth-order valence-electron chi connectivity index (χ4n) is 0.708. The predicted octanol–water partition coefficient (Wildman–Crippen LogP) is 2.08. The zero-order valence-electron chi connectivity index (χ0n) is 6.37. The molecular weight excluding hydrogens is 241 g/mol. The van der Waals surface area contributed by atoms with Crippen molar-refractivity contribution in [2.45, 2.75) is 0 Å². The number of carboxylic acids is 1. The van der Waals surface area contributed by atoms with Crippen molar-refractivity contribution >= 4 is 28.0 Å². The highest BCUT2D eigenvalue weighted by Crippen LogP contribution is 2.11. The van der Waals surface area contributed by atoms with Gasteiger partial charge in [0.2, 0.25) is 5.95 Å². The molecule has 68 valence electrons. The molecule has 0 amide bonds. The van der Waals surface area contributed by atoms with Crippen LogP contribution in [0.1, 0.15) is 5.56 Å². The number of nitrogens with zero attached hydrogens (tertiary/aromatic N) is 1. The topological polar surface area (TPSA) is 50.2 Å². The van der Waals surface area contributed by atoms with Crippen molar-refractivity contribution in [1.82, 2.24) is 4.98 Å². The minimum atomic E-state index is -1.12. The molecule has 1 rings (SSSR count). The summed E-state index contributed by atoms with van der Waals surface area (Å²) < 4.78 is 13.3. The van der Waals surface area contributed by atoms with E-state index >= 15 is 0 Å². The molecule has 1 heterocycles. The predicted molar refractivity (Wildman–Crippen MR) is 48.6 cm³/mol. The number of carbonyl (C=O) groups is 1. The van der Waals surface area contributed by atoms with Crippen molar-refractivity contribution in [3.8, 4) is 0 Å². The molecule has 0 unspecified atom stereocenters. The van der Waals surface area contributed by atoms with Crippen LogP contribution in [0.2, 0.25) is 0 Å². The lowest BCUT2D eigenvalue weighted by Gasteiger charge is -1.94. The summed E-state index contributed by atoms with van der Waals surface area (Å²) in [5, 5.41) is 8.28. The van der Waals surface area contributed by atoms with Gasteiger partial charge in [0.1, 0.15) is 4.60 Å². The lowest BCUT2D eigenvalue weighted by Crippen LogP contribution is -1.90. The first-order valence-corrected chi connectivity index (χ1v) is 4.12. The fourth-order valence-corrected chi connectivity index (χ4v) is 0.996. The Morgan fingerprint density at radius 3 is 2.85 bits per heavy atom. The molecule has 0 saturated heterocycles. The molecule has 0 saturated carbocycles. The van der Waals surface area contributed by atoms with E-state index < -0.39 is 11.9 Å². The van der Waals surface area contributed by atoms with E-state index in [4.69, 9.17) is 5.11 Å². The quantitative estimate of drug-likeness (QED) is 0.642. The summed E-state index contributed by atoms with van der Waals surface area (Å²) in [6, 6.07) is 2.97. The third-order valence-corrected chi connectivity index (χ3v) is 1.69.